The summed E-state index contributed by atoms with van der Waals surface area (Å²) in [6.07, 6.45) is 4.28. The Labute approximate surface area is 111 Å². The quantitative estimate of drug-likeness (QED) is 0.757. The average Bonchev–Trinajstić information content (AvgIpc) is 2.68. The number of hydrogen-bond donors (Lipinski definition) is 2. The molecular formula is C14H28N2O2. The van der Waals surface area contributed by atoms with Crippen molar-refractivity contribution in [2.75, 3.05) is 19.6 Å². The van der Waals surface area contributed by atoms with Crippen molar-refractivity contribution in [3.8, 4) is 0 Å². The van der Waals surface area contributed by atoms with Crippen LogP contribution in [0.5, 0.6) is 0 Å². The molecule has 1 heterocycles. The highest BCUT2D eigenvalue weighted by molar-refractivity contribution is 5.83. The summed E-state index contributed by atoms with van der Waals surface area (Å²) >= 11 is 0. The van der Waals surface area contributed by atoms with E-state index in [1.807, 2.05) is 0 Å². The Morgan fingerprint density at radius 3 is 2.28 bits per heavy atom. The molecule has 3 N–H and O–H groups in total. The zero-order valence-corrected chi connectivity index (χ0v) is 12.0. The van der Waals surface area contributed by atoms with E-state index in [4.69, 9.17) is 5.73 Å². The summed E-state index contributed by atoms with van der Waals surface area (Å²) in [5.74, 6) is 0.145. The summed E-state index contributed by atoms with van der Waals surface area (Å²) in [4.78, 5) is 14.5. The Morgan fingerprint density at radius 1 is 1.39 bits per heavy atom. The average molecular weight is 256 g/mol. The molecule has 1 saturated heterocycles. The lowest BCUT2D eigenvalue weighted by molar-refractivity contribution is -0.142. The molecule has 4 nitrogen and oxygen atoms in total. The molecule has 18 heavy (non-hydrogen) atoms. The van der Waals surface area contributed by atoms with Gasteiger partial charge in [0.05, 0.1) is 11.0 Å². The first kappa shape index (κ1) is 15.4. The second-order valence-electron chi connectivity index (χ2n) is 5.96. The van der Waals surface area contributed by atoms with Crippen molar-refractivity contribution < 1.29 is 9.90 Å². The second kappa shape index (κ2) is 6.02. The number of aliphatic hydroxyl groups is 1. The van der Waals surface area contributed by atoms with E-state index in [0.29, 0.717) is 26.1 Å². The van der Waals surface area contributed by atoms with E-state index in [-0.39, 0.29) is 5.91 Å². The maximum Gasteiger partial charge on any atom is 0.230 e. The minimum absolute atomic E-state index is 0.145. The summed E-state index contributed by atoms with van der Waals surface area (Å²) in [7, 11) is 0. The van der Waals surface area contributed by atoms with Gasteiger partial charge in [-0.1, -0.05) is 26.7 Å². The fraction of sp³-hybridized carbons (Fsp3) is 0.929. The van der Waals surface area contributed by atoms with Crippen LogP contribution in [0.1, 0.15) is 52.9 Å². The van der Waals surface area contributed by atoms with Crippen LogP contribution in [-0.2, 0) is 4.79 Å². The molecule has 0 bridgehead atoms. The Kier molecular flexibility index (Phi) is 5.17. The van der Waals surface area contributed by atoms with Crippen LogP contribution in [0, 0.1) is 5.41 Å². The Morgan fingerprint density at radius 2 is 1.94 bits per heavy atom. The predicted octanol–water partition coefficient (Wildman–Crippen LogP) is 1.52. The minimum Gasteiger partial charge on any atom is -0.388 e. The summed E-state index contributed by atoms with van der Waals surface area (Å²) in [6, 6.07) is 0. The lowest BCUT2D eigenvalue weighted by Gasteiger charge is -2.35. The fourth-order valence-corrected chi connectivity index (χ4v) is 3.04. The first-order chi connectivity index (χ1) is 8.40. The van der Waals surface area contributed by atoms with Crippen molar-refractivity contribution in [2.45, 2.75) is 58.5 Å². The molecule has 1 fully saturated rings. The van der Waals surface area contributed by atoms with Gasteiger partial charge in [-0.05, 0) is 26.2 Å². The van der Waals surface area contributed by atoms with E-state index < -0.39 is 11.0 Å². The number of β-amino-alcohol motifs (C(OH)–C–C–N with tert-alkyl or cyclic N) is 1. The van der Waals surface area contributed by atoms with Crippen LogP contribution in [-0.4, -0.2) is 41.1 Å². The normalized spacial score (nSPS) is 24.6. The lowest BCUT2D eigenvalue weighted by Crippen LogP contribution is -2.48. The first-order valence-electron chi connectivity index (χ1n) is 7.12. The van der Waals surface area contributed by atoms with E-state index in [9.17, 15) is 9.90 Å². The topological polar surface area (TPSA) is 66.6 Å². The largest absolute Gasteiger partial charge is 0.388 e. The summed E-state index contributed by atoms with van der Waals surface area (Å²) < 4.78 is 0. The monoisotopic (exact) mass is 256 g/mol. The van der Waals surface area contributed by atoms with Gasteiger partial charge in [0.1, 0.15) is 0 Å². The third kappa shape index (κ3) is 3.23. The zero-order valence-electron chi connectivity index (χ0n) is 12.0. The summed E-state index contributed by atoms with van der Waals surface area (Å²) in [5.41, 5.74) is 4.77. The second-order valence-corrected chi connectivity index (χ2v) is 5.96. The standard InChI is InChI=1S/C14H28N2O2/c1-4-6-14(10-15,7-5-2)12(17)16-9-8-13(3,18)11-16/h18H,4-11,15H2,1-3H3. The fourth-order valence-electron chi connectivity index (χ4n) is 3.04. The van der Waals surface area contributed by atoms with Crippen molar-refractivity contribution in [1.82, 2.24) is 4.90 Å². The van der Waals surface area contributed by atoms with Gasteiger partial charge in [-0.15, -0.1) is 0 Å². The van der Waals surface area contributed by atoms with Crippen LogP contribution >= 0.6 is 0 Å². The first-order valence-corrected chi connectivity index (χ1v) is 7.12. The van der Waals surface area contributed by atoms with Crippen LogP contribution in [0.25, 0.3) is 0 Å². The molecule has 4 heteroatoms. The Balaban J connectivity index is 2.82. The molecule has 0 saturated carbocycles. The van der Waals surface area contributed by atoms with E-state index >= 15 is 0 Å². The maximum atomic E-state index is 12.7. The van der Waals surface area contributed by atoms with Crippen LogP contribution in [0.2, 0.25) is 0 Å². The van der Waals surface area contributed by atoms with Crippen LogP contribution < -0.4 is 5.73 Å². The van der Waals surface area contributed by atoms with Crippen LogP contribution in [0.4, 0.5) is 0 Å². The predicted molar refractivity (Wildman–Crippen MR) is 73.1 cm³/mol. The molecule has 0 aromatic rings. The van der Waals surface area contributed by atoms with E-state index in [1.165, 1.54) is 0 Å². The molecule has 106 valence electrons. The summed E-state index contributed by atoms with van der Waals surface area (Å²) in [5, 5.41) is 9.99. The van der Waals surface area contributed by atoms with Gasteiger partial charge in [0.15, 0.2) is 0 Å². The number of nitrogens with zero attached hydrogens (tertiary/aromatic N) is 1. The highest BCUT2D eigenvalue weighted by atomic mass is 16.3. The number of carbonyl (C=O) groups excluding carboxylic acids is 1. The number of carbonyl (C=O) groups is 1. The molecule has 1 aliphatic rings. The third-order valence-corrected chi connectivity index (χ3v) is 4.04. The van der Waals surface area contributed by atoms with E-state index in [1.54, 1.807) is 11.8 Å². The molecule has 1 unspecified atom stereocenters. The smallest absolute Gasteiger partial charge is 0.230 e. The van der Waals surface area contributed by atoms with Gasteiger partial charge in [0.2, 0.25) is 5.91 Å². The van der Waals surface area contributed by atoms with Crippen molar-refractivity contribution >= 4 is 5.91 Å². The molecule has 0 spiro atoms. The number of nitrogens with two attached hydrogens (primary N) is 1. The molecule has 1 aliphatic heterocycles. The molecule has 0 aromatic carbocycles. The maximum absolute atomic E-state index is 12.7. The van der Waals surface area contributed by atoms with Gasteiger partial charge >= 0.3 is 0 Å². The zero-order chi connectivity index (χ0) is 13.8. The van der Waals surface area contributed by atoms with Crippen LogP contribution in [0.15, 0.2) is 0 Å². The molecule has 0 radical (unpaired) electrons. The van der Waals surface area contributed by atoms with E-state index in [0.717, 1.165) is 25.7 Å². The number of rotatable bonds is 6. The van der Waals surface area contributed by atoms with Crippen molar-refractivity contribution in [1.29, 1.82) is 0 Å². The number of hydrogen-bond acceptors (Lipinski definition) is 3. The molecule has 1 rings (SSSR count). The molecule has 1 amide bonds. The van der Waals surface area contributed by atoms with Gasteiger partial charge in [-0.3, -0.25) is 4.79 Å². The van der Waals surface area contributed by atoms with Crippen LogP contribution in [0.3, 0.4) is 0 Å². The van der Waals surface area contributed by atoms with Crippen molar-refractivity contribution in [3.63, 3.8) is 0 Å². The molecular weight excluding hydrogens is 228 g/mol. The van der Waals surface area contributed by atoms with Gasteiger partial charge in [-0.2, -0.15) is 0 Å². The molecule has 1 atom stereocenters. The van der Waals surface area contributed by atoms with Crippen molar-refractivity contribution in [2.24, 2.45) is 11.1 Å². The highest BCUT2D eigenvalue weighted by Gasteiger charge is 2.43. The Bertz CT molecular complexity index is 284. The SMILES string of the molecule is CCCC(CN)(CCC)C(=O)N1CCC(C)(O)C1. The van der Waals surface area contributed by atoms with Gasteiger partial charge in [0, 0.05) is 19.6 Å². The van der Waals surface area contributed by atoms with Gasteiger partial charge in [-0.25, -0.2) is 0 Å². The number of likely N-dealkylation sites (tertiary alicyclic amines) is 1. The van der Waals surface area contributed by atoms with E-state index in [2.05, 4.69) is 13.8 Å². The highest BCUT2D eigenvalue weighted by Crippen LogP contribution is 2.34. The minimum atomic E-state index is -0.728. The summed E-state index contributed by atoms with van der Waals surface area (Å²) in [6.45, 7) is 7.49. The van der Waals surface area contributed by atoms with Gasteiger partial charge in [0.25, 0.3) is 0 Å². The third-order valence-electron chi connectivity index (χ3n) is 4.04. The molecule has 0 aliphatic carbocycles. The Hall–Kier alpha value is -0.610. The van der Waals surface area contributed by atoms with Gasteiger partial charge < -0.3 is 15.7 Å². The number of amides is 1. The molecule has 0 aromatic heterocycles. The lowest BCUT2D eigenvalue weighted by atomic mass is 9.78. The van der Waals surface area contributed by atoms with Crippen molar-refractivity contribution in [3.05, 3.63) is 0 Å².